The van der Waals surface area contributed by atoms with E-state index in [1.807, 2.05) is 0 Å². The van der Waals surface area contributed by atoms with Crippen LogP contribution >= 0.6 is 0 Å². The summed E-state index contributed by atoms with van der Waals surface area (Å²) in [4.78, 5) is 0. The molecule has 0 aromatic carbocycles. The Morgan fingerprint density at radius 2 is 1.88 bits per heavy atom. The fourth-order valence-electron chi connectivity index (χ4n) is 1.59. The fraction of sp³-hybridized carbons (Fsp3) is 1.00. The van der Waals surface area contributed by atoms with Gasteiger partial charge in [0, 0.05) is 32.9 Å². The first-order valence-corrected chi connectivity index (χ1v) is 6.61. The molecule has 16 heavy (non-hydrogen) atoms. The average Bonchev–Trinajstić information content (AvgIpc) is 2.28. The van der Waals surface area contributed by atoms with E-state index in [0.29, 0.717) is 6.04 Å². The first kappa shape index (κ1) is 15.9. The van der Waals surface area contributed by atoms with Gasteiger partial charge in [0.15, 0.2) is 0 Å². The summed E-state index contributed by atoms with van der Waals surface area (Å²) < 4.78 is 10.4. The van der Waals surface area contributed by atoms with Crippen molar-refractivity contribution in [3.8, 4) is 0 Å². The number of unbranched alkanes of at least 4 members (excludes halogenated alkanes) is 2. The van der Waals surface area contributed by atoms with Crippen LogP contribution < -0.4 is 5.32 Å². The molecule has 98 valence electrons. The predicted molar refractivity (Wildman–Crippen MR) is 68.9 cm³/mol. The number of hydrogen-bond donors (Lipinski definition) is 1. The van der Waals surface area contributed by atoms with Crippen molar-refractivity contribution in [2.45, 2.75) is 52.0 Å². The monoisotopic (exact) mass is 231 g/mol. The van der Waals surface area contributed by atoms with Crippen molar-refractivity contribution >= 4 is 0 Å². The van der Waals surface area contributed by atoms with Crippen molar-refractivity contribution in [2.24, 2.45) is 0 Å². The van der Waals surface area contributed by atoms with E-state index in [1.54, 1.807) is 7.11 Å². The summed E-state index contributed by atoms with van der Waals surface area (Å²) in [5, 5.41) is 3.48. The summed E-state index contributed by atoms with van der Waals surface area (Å²) in [6.45, 7) is 7.86. The van der Waals surface area contributed by atoms with Gasteiger partial charge in [-0.2, -0.15) is 0 Å². The SMILES string of the molecule is CCCCCC(C)NCCOCCCOC. The molecule has 0 saturated carbocycles. The Morgan fingerprint density at radius 1 is 1.06 bits per heavy atom. The Balaban J connectivity index is 3.06. The lowest BCUT2D eigenvalue weighted by Gasteiger charge is -2.13. The molecular formula is C13H29NO2. The highest BCUT2D eigenvalue weighted by Crippen LogP contribution is 2.02. The minimum atomic E-state index is 0.620. The van der Waals surface area contributed by atoms with E-state index in [9.17, 15) is 0 Å². The van der Waals surface area contributed by atoms with E-state index in [-0.39, 0.29) is 0 Å². The molecule has 0 spiro atoms. The Bertz CT molecular complexity index is 131. The van der Waals surface area contributed by atoms with Gasteiger partial charge in [0.05, 0.1) is 6.61 Å². The van der Waals surface area contributed by atoms with Crippen molar-refractivity contribution in [1.29, 1.82) is 0 Å². The zero-order chi connectivity index (χ0) is 12.1. The largest absolute Gasteiger partial charge is 0.385 e. The number of rotatable bonds is 12. The van der Waals surface area contributed by atoms with Gasteiger partial charge in [0.2, 0.25) is 0 Å². The lowest BCUT2D eigenvalue weighted by Crippen LogP contribution is -2.29. The zero-order valence-electron chi connectivity index (χ0n) is 11.3. The second-order valence-electron chi connectivity index (χ2n) is 4.31. The number of nitrogens with one attached hydrogen (secondary N) is 1. The standard InChI is InChI=1S/C13H29NO2/c1-4-5-6-8-13(2)14-9-12-16-11-7-10-15-3/h13-14H,4-12H2,1-3H3. The first-order valence-electron chi connectivity index (χ1n) is 6.61. The molecule has 0 aliphatic carbocycles. The third kappa shape index (κ3) is 12.0. The van der Waals surface area contributed by atoms with Crippen LogP contribution in [-0.4, -0.2) is 39.5 Å². The molecule has 0 aromatic heterocycles. The molecule has 0 bridgehead atoms. The number of ether oxygens (including phenoxy) is 2. The number of methoxy groups -OCH3 is 1. The molecule has 0 amide bonds. The molecular weight excluding hydrogens is 202 g/mol. The van der Waals surface area contributed by atoms with Crippen LogP contribution in [0.3, 0.4) is 0 Å². The maximum absolute atomic E-state index is 5.47. The molecule has 0 aromatic rings. The molecule has 0 radical (unpaired) electrons. The molecule has 1 N–H and O–H groups in total. The first-order chi connectivity index (χ1) is 7.81. The Hall–Kier alpha value is -0.120. The quantitative estimate of drug-likeness (QED) is 0.524. The number of hydrogen-bond acceptors (Lipinski definition) is 3. The van der Waals surface area contributed by atoms with E-state index >= 15 is 0 Å². The lowest BCUT2D eigenvalue weighted by molar-refractivity contribution is 0.103. The molecule has 0 heterocycles. The van der Waals surface area contributed by atoms with Gasteiger partial charge in [-0.3, -0.25) is 0 Å². The molecule has 0 aliphatic rings. The average molecular weight is 231 g/mol. The minimum absolute atomic E-state index is 0.620. The molecule has 0 fully saturated rings. The van der Waals surface area contributed by atoms with Crippen molar-refractivity contribution in [3.63, 3.8) is 0 Å². The second-order valence-corrected chi connectivity index (χ2v) is 4.31. The van der Waals surface area contributed by atoms with Crippen LogP contribution in [0.2, 0.25) is 0 Å². The van der Waals surface area contributed by atoms with Gasteiger partial charge >= 0.3 is 0 Å². The zero-order valence-corrected chi connectivity index (χ0v) is 11.3. The van der Waals surface area contributed by atoms with E-state index in [4.69, 9.17) is 9.47 Å². The van der Waals surface area contributed by atoms with E-state index < -0.39 is 0 Å². The van der Waals surface area contributed by atoms with Gasteiger partial charge in [-0.15, -0.1) is 0 Å². The molecule has 0 aliphatic heterocycles. The van der Waals surface area contributed by atoms with Crippen LogP contribution in [0.1, 0.15) is 46.0 Å². The third-order valence-corrected chi connectivity index (χ3v) is 2.62. The van der Waals surface area contributed by atoms with Crippen molar-refractivity contribution in [1.82, 2.24) is 5.32 Å². The van der Waals surface area contributed by atoms with Gasteiger partial charge in [0.1, 0.15) is 0 Å². The highest BCUT2D eigenvalue weighted by atomic mass is 16.5. The van der Waals surface area contributed by atoms with Crippen LogP contribution in [0.25, 0.3) is 0 Å². The highest BCUT2D eigenvalue weighted by Gasteiger charge is 1.99. The summed E-state index contributed by atoms with van der Waals surface area (Å²) in [5.41, 5.74) is 0. The van der Waals surface area contributed by atoms with Gasteiger partial charge < -0.3 is 14.8 Å². The maximum Gasteiger partial charge on any atom is 0.0591 e. The van der Waals surface area contributed by atoms with Gasteiger partial charge in [0.25, 0.3) is 0 Å². The van der Waals surface area contributed by atoms with E-state index in [0.717, 1.165) is 32.8 Å². The molecule has 0 rings (SSSR count). The lowest BCUT2D eigenvalue weighted by atomic mass is 10.1. The molecule has 0 saturated heterocycles. The summed E-state index contributed by atoms with van der Waals surface area (Å²) in [5.74, 6) is 0. The normalized spacial score (nSPS) is 12.9. The minimum Gasteiger partial charge on any atom is -0.385 e. The summed E-state index contributed by atoms with van der Waals surface area (Å²) >= 11 is 0. The van der Waals surface area contributed by atoms with E-state index in [2.05, 4.69) is 19.2 Å². The fourth-order valence-corrected chi connectivity index (χ4v) is 1.59. The molecule has 3 nitrogen and oxygen atoms in total. The van der Waals surface area contributed by atoms with Crippen LogP contribution in [0.4, 0.5) is 0 Å². The Kier molecular flexibility index (Phi) is 12.9. The van der Waals surface area contributed by atoms with Crippen LogP contribution in [0.15, 0.2) is 0 Å². The van der Waals surface area contributed by atoms with Crippen molar-refractivity contribution in [2.75, 3.05) is 33.5 Å². The third-order valence-electron chi connectivity index (χ3n) is 2.62. The second kappa shape index (κ2) is 12.9. The summed E-state index contributed by atoms with van der Waals surface area (Å²) in [7, 11) is 1.72. The topological polar surface area (TPSA) is 30.5 Å². The summed E-state index contributed by atoms with van der Waals surface area (Å²) in [6, 6.07) is 0.620. The maximum atomic E-state index is 5.47. The Labute approximate surface area is 101 Å². The Morgan fingerprint density at radius 3 is 2.56 bits per heavy atom. The van der Waals surface area contributed by atoms with Crippen LogP contribution in [-0.2, 0) is 9.47 Å². The summed E-state index contributed by atoms with van der Waals surface area (Å²) in [6.07, 6.45) is 6.24. The van der Waals surface area contributed by atoms with Crippen LogP contribution in [0, 0.1) is 0 Å². The van der Waals surface area contributed by atoms with Crippen molar-refractivity contribution < 1.29 is 9.47 Å². The van der Waals surface area contributed by atoms with Crippen molar-refractivity contribution in [3.05, 3.63) is 0 Å². The molecule has 3 heteroatoms. The molecule has 1 unspecified atom stereocenters. The highest BCUT2D eigenvalue weighted by molar-refractivity contribution is 4.59. The van der Waals surface area contributed by atoms with Gasteiger partial charge in [-0.05, 0) is 19.8 Å². The van der Waals surface area contributed by atoms with Gasteiger partial charge in [-0.1, -0.05) is 26.2 Å². The van der Waals surface area contributed by atoms with Gasteiger partial charge in [-0.25, -0.2) is 0 Å². The van der Waals surface area contributed by atoms with E-state index in [1.165, 1.54) is 25.7 Å². The molecule has 1 atom stereocenters. The van der Waals surface area contributed by atoms with Crippen LogP contribution in [0.5, 0.6) is 0 Å². The smallest absolute Gasteiger partial charge is 0.0591 e. The predicted octanol–water partition coefficient (Wildman–Crippen LogP) is 2.60.